The second kappa shape index (κ2) is 7.58. The van der Waals surface area contributed by atoms with Crippen LogP contribution in [0.25, 0.3) is 15.7 Å². The van der Waals surface area contributed by atoms with Gasteiger partial charge in [0.25, 0.3) is 0 Å². The maximum atomic E-state index is 13.5. The fourth-order valence-electron chi connectivity index (χ4n) is 3.39. The average Bonchev–Trinajstić information content (AvgIpc) is 2.95. The third-order valence-electron chi connectivity index (χ3n) is 4.97. The van der Waals surface area contributed by atoms with E-state index in [1.54, 1.807) is 17.7 Å². The maximum absolute atomic E-state index is 13.5. The summed E-state index contributed by atoms with van der Waals surface area (Å²) in [5.74, 6) is -1.08. The monoisotopic (exact) mass is 418 g/mol. The number of hydrogen-bond donors (Lipinski definition) is 1. The van der Waals surface area contributed by atoms with Gasteiger partial charge >= 0.3 is 6.18 Å². The highest BCUT2D eigenvalue weighted by molar-refractivity contribution is 5.89. The van der Waals surface area contributed by atoms with Crippen LogP contribution < -0.4 is 0 Å². The number of benzene rings is 2. The van der Waals surface area contributed by atoms with Crippen LogP contribution >= 0.6 is 0 Å². The minimum Gasteiger partial charge on any atom is -0.380 e. The van der Waals surface area contributed by atoms with Crippen LogP contribution in [-0.4, -0.2) is 21.1 Å². The van der Waals surface area contributed by atoms with Gasteiger partial charge in [0, 0.05) is 23.5 Å². The first kappa shape index (κ1) is 21.5. The molecule has 0 aliphatic heterocycles. The summed E-state index contributed by atoms with van der Waals surface area (Å²) in [6, 6.07) is 7.22. The van der Waals surface area contributed by atoms with Crippen molar-refractivity contribution in [3.8, 4) is 0 Å². The summed E-state index contributed by atoms with van der Waals surface area (Å²) in [4.78, 5) is 15.6. The van der Waals surface area contributed by atoms with Crippen LogP contribution in [0, 0.1) is 19.3 Å². The van der Waals surface area contributed by atoms with E-state index in [1.807, 2.05) is 0 Å². The molecule has 1 heterocycles. The Balaban J connectivity index is 1.86. The summed E-state index contributed by atoms with van der Waals surface area (Å²) in [5.41, 5.74) is -2.09. The predicted octanol–water partition coefficient (Wildman–Crippen LogP) is 5.22. The highest BCUT2D eigenvalue weighted by Crippen LogP contribution is 2.37. The molecule has 0 fully saturated rings. The van der Waals surface area contributed by atoms with Crippen molar-refractivity contribution in [2.24, 2.45) is 0 Å². The van der Waals surface area contributed by atoms with Crippen LogP contribution in [-0.2, 0) is 23.9 Å². The quantitative estimate of drug-likeness (QED) is 0.456. The van der Waals surface area contributed by atoms with Crippen LogP contribution in [0.1, 0.15) is 23.6 Å². The zero-order valence-electron chi connectivity index (χ0n) is 16.2. The number of hydrogen-bond acceptors (Lipinski definition) is 2. The zero-order chi connectivity index (χ0) is 22.3. The highest BCUT2D eigenvalue weighted by atomic mass is 19.4. The lowest BCUT2D eigenvalue weighted by Gasteiger charge is -2.23. The largest absolute Gasteiger partial charge is 0.407 e. The molecule has 0 aliphatic carbocycles. The fraction of sp³-hybridized carbons (Fsp3) is 0.273. The van der Waals surface area contributed by atoms with Gasteiger partial charge in [0.05, 0.1) is 18.7 Å². The molecule has 4 nitrogen and oxygen atoms in total. The molecular formula is C22H18F4N2O2. The number of carbonyl (C=O) groups is 1. The lowest BCUT2D eigenvalue weighted by Crippen LogP contribution is -2.40. The topological polar surface area (TPSA) is 46.6 Å². The number of Topliss-reactive ketones (excluding diaryl/α,β-unsaturated/α-hetero) is 1. The van der Waals surface area contributed by atoms with Gasteiger partial charge in [0.2, 0.25) is 0 Å². The number of nitrogens with zero attached hydrogens (tertiary/aromatic N) is 2. The third-order valence-corrected chi connectivity index (χ3v) is 4.97. The third kappa shape index (κ3) is 4.21. The van der Waals surface area contributed by atoms with Crippen LogP contribution in [0.15, 0.2) is 42.6 Å². The summed E-state index contributed by atoms with van der Waals surface area (Å²) in [6.07, 6.45) is -3.47. The Labute approximate surface area is 170 Å². The number of aryl methyl sites for hydroxylation is 1. The zero-order valence-corrected chi connectivity index (χ0v) is 16.2. The standard InChI is InChI=1S/C22H18F4N2O2/c1-13-11-28(19-7-5-15(23)10-16(13)19)12-21(2,30)20(29)9-14-4-6-18(27-3)17(8-14)22(24,25)26/h4-8,10-11,30H,9,12H2,1-2H3/t21-/m0/s1. The molecule has 0 aliphatic rings. The van der Waals surface area contributed by atoms with E-state index >= 15 is 0 Å². The summed E-state index contributed by atoms with van der Waals surface area (Å²) in [5, 5.41) is 11.4. The Bertz CT molecular complexity index is 1170. The molecule has 3 rings (SSSR count). The molecule has 0 bridgehead atoms. The van der Waals surface area contributed by atoms with Crippen LogP contribution in [0.3, 0.4) is 0 Å². The Morgan fingerprint density at radius 3 is 2.53 bits per heavy atom. The van der Waals surface area contributed by atoms with E-state index < -0.39 is 41.0 Å². The summed E-state index contributed by atoms with van der Waals surface area (Å²) in [7, 11) is 0. The van der Waals surface area contributed by atoms with Crippen LogP contribution in [0.5, 0.6) is 0 Å². The Morgan fingerprint density at radius 1 is 1.20 bits per heavy atom. The van der Waals surface area contributed by atoms with Crippen molar-refractivity contribution in [3.05, 3.63) is 76.5 Å². The molecule has 0 amide bonds. The van der Waals surface area contributed by atoms with Gasteiger partial charge in [-0.2, -0.15) is 13.2 Å². The number of fused-ring (bicyclic) bond motifs is 1. The van der Waals surface area contributed by atoms with Crippen molar-refractivity contribution in [3.63, 3.8) is 0 Å². The molecule has 0 radical (unpaired) electrons. The van der Waals surface area contributed by atoms with Gasteiger partial charge in [-0.05, 0) is 43.2 Å². The van der Waals surface area contributed by atoms with Crippen molar-refractivity contribution in [1.82, 2.24) is 4.57 Å². The molecule has 0 saturated carbocycles. The molecular weight excluding hydrogens is 400 g/mol. The molecule has 0 saturated heterocycles. The van der Waals surface area contributed by atoms with Gasteiger partial charge in [-0.3, -0.25) is 4.79 Å². The Hall–Kier alpha value is -3.18. The molecule has 0 unspecified atom stereocenters. The number of aliphatic hydroxyl groups is 1. The average molecular weight is 418 g/mol. The summed E-state index contributed by atoms with van der Waals surface area (Å²) >= 11 is 0. The van der Waals surface area contributed by atoms with Crippen molar-refractivity contribution in [1.29, 1.82) is 0 Å². The fourth-order valence-corrected chi connectivity index (χ4v) is 3.39. The number of alkyl halides is 3. The first-order valence-electron chi connectivity index (χ1n) is 9.00. The SMILES string of the molecule is [C-]#[N+]c1ccc(CC(=O)[C@@](C)(O)Cn2cc(C)c3cc(F)ccc32)cc1C(F)(F)F. The number of ketones is 1. The first-order valence-corrected chi connectivity index (χ1v) is 9.00. The van der Waals surface area contributed by atoms with Crippen LogP contribution in [0.4, 0.5) is 23.2 Å². The first-order chi connectivity index (χ1) is 13.9. The number of rotatable bonds is 5. The van der Waals surface area contributed by atoms with Gasteiger partial charge in [0.1, 0.15) is 11.4 Å². The van der Waals surface area contributed by atoms with Gasteiger partial charge in [-0.1, -0.05) is 18.2 Å². The van der Waals surface area contributed by atoms with E-state index in [1.165, 1.54) is 31.2 Å². The maximum Gasteiger partial charge on any atom is 0.407 e. The lowest BCUT2D eigenvalue weighted by atomic mass is 9.94. The summed E-state index contributed by atoms with van der Waals surface area (Å²) < 4.78 is 54.5. The van der Waals surface area contributed by atoms with Crippen LogP contribution in [0.2, 0.25) is 0 Å². The van der Waals surface area contributed by atoms with E-state index in [0.29, 0.717) is 10.9 Å². The number of aromatic nitrogens is 1. The van der Waals surface area contributed by atoms with Crippen molar-refractivity contribution in [2.45, 2.75) is 38.6 Å². The molecule has 156 valence electrons. The predicted molar refractivity (Wildman–Crippen MR) is 104 cm³/mol. The number of halogens is 4. The van der Waals surface area contributed by atoms with Gasteiger partial charge in [0.15, 0.2) is 11.5 Å². The molecule has 8 heteroatoms. The second-order valence-corrected chi connectivity index (χ2v) is 7.44. The Kier molecular flexibility index (Phi) is 5.44. The van der Waals surface area contributed by atoms with Crippen molar-refractivity contribution in [2.75, 3.05) is 0 Å². The molecule has 30 heavy (non-hydrogen) atoms. The van der Waals surface area contributed by atoms with Crippen molar-refractivity contribution >= 4 is 22.4 Å². The van der Waals surface area contributed by atoms with Gasteiger partial charge in [-0.25, -0.2) is 9.24 Å². The normalized spacial score (nSPS) is 13.8. The van der Waals surface area contributed by atoms with E-state index in [4.69, 9.17) is 6.57 Å². The number of carbonyl (C=O) groups excluding carboxylic acids is 1. The lowest BCUT2D eigenvalue weighted by molar-refractivity contribution is -0.138. The van der Waals surface area contributed by atoms with E-state index in [2.05, 4.69) is 4.85 Å². The molecule has 1 N–H and O–H groups in total. The molecule has 0 spiro atoms. The minimum absolute atomic E-state index is 0.0515. The molecule has 2 aromatic carbocycles. The van der Waals surface area contributed by atoms with E-state index in [9.17, 15) is 27.5 Å². The Morgan fingerprint density at radius 2 is 1.90 bits per heavy atom. The molecule has 3 aromatic rings. The van der Waals surface area contributed by atoms with Gasteiger partial charge < -0.3 is 9.67 Å². The molecule has 1 aromatic heterocycles. The smallest absolute Gasteiger partial charge is 0.380 e. The van der Waals surface area contributed by atoms with Crippen molar-refractivity contribution < 1.29 is 27.5 Å². The summed E-state index contributed by atoms with van der Waals surface area (Å²) in [6.45, 7) is 9.79. The second-order valence-electron chi connectivity index (χ2n) is 7.44. The van der Waals surface area contributed by atoms with E-state index in [0.717, 1.165) is 17.7 Å². The minimum atomic E-state index is -4.72. The highest BCUT2D eigenvalue weighted by Gasteiger charge is 2.35. The molecule has 1 atom stereocenters. The van der Waals surface area contributed by atoms with E-state index in [-0.39, 0.29) is 12.1 Å². The van der Waals surface area contributed by atoms with Gasteiger partial charge in [-0.15, -0.1) is 0 Å².